The number of nitrogens with zero attached hydrogens (tertiary/aromatic N) is 2. The van der Waals surface area contributed by atoms with Crippen molar-refractivity contribution in [2.24, 2.45) is 0 Å². The SMILES string of the molecule is O=c1[nH]c2ccccc2cc1CNc1nnc(C(F)F)s1. The Morgan fingerprint density at radius 3 is 2.86 bits per heavy atom. The summed E-state index contributed by atoms with van der Waals surface area (Å²) >= 11 is 0.774. The van der Waals surface area contributed by atoms with Gasteiger partial charge in [-0.2, -0.15) is 0 Å². The number of benzene rings is 1. The zero-order valence-electron chi connectivity index (χ0n) is 10.6. The third-order valence-electron chi connectivity index (χ3n) is 2.89. The van der Waals surface area contributed by atoms with Gasteiger partial charge in [-0.15, -0.1) is 10.2 Å². The van der Waals surface area contributed by atoms with Gasteiger partial charge in [0, 0.05) is 17.6 Å². The molecule has 0 fully saturated rings. The average molecular weight is 308 g/mol. The molecular weight excluding hydrogens is 298 g/mol. The number of fused-ring (bicyclic) bond motifs is 1. The van der Waals surface area contributed by atoms with Gasteiger partial charge in [-0.25, -0.2) is 8.78 Å². The van der Waals surface area contributed by atoms with Crippen LogP contribution in [-0.4, -0.2) is 15.2 Å². The number of halogens is 2. The van der Waals surface area contributed by atoms with Crippen LogP contribution in [0.1, 0.15) is 17.0 Å². The van der Waals surface area contributed by atoms with Crippen LogP contribution in [0.4, 0.5) is 13.9 Å². The monoisotopic (exact) mass is 308 g/mol. The van der Waals surface area contributed by atoms with Gasteiger partial charge in [0.25, 0.3) is 12.0 Å². The molecule has 0 aliphatic carbocycles. The van der Waals surface area contributed by atoms with E-state index in [1.165, 1.54) is 0 Å². The second-order valence-electron chi connectivity index (χ2n) is 4.31. The predicted octanol–water partition coefficient (Wildman–Crippen LogP) is 2.93. The molecule has 0 atom stereocenters. The maximum absolute atomic E-state index is 12.4. The van der Waals surface area contributed by atoms with Crippen molar-refractivity contribution < 1.29 is 8.78 Å². The van der Waals surface area contributed by atoms with E-state index in [1.807, 2.05) is 24.3 Å². The summed E-state index contributed by atoms with van der Waals surface area (Å²) in [5, 5.41) is 10.6. The Morgan fingerprint density at radius 2 is 2.10 bits per heavy atom. The van der Waals surface area contributed by atoms with Gasteiger partial charge in [-0.3, -0.25) is 4.79 Å². The van der Waals surface area contributed by atoms with Crippen LogP contribution >= 0.6 is 11.3 Å². The molecule has 2 N–H and O–H groups in total. The first-order chi connectivity index (χ1) is 10.1. The van der Waals surface area contributed by atoms with Crippen molar-refractivity contribution in [3.05, 3.63) is 51.3 Å². The molecule has 8 heteroatoms. The van der Waals surface area contributed by atoms with Gasteiger partial charge in [0.15, 0.2) is 5.01 Å². The average Bonchev–Trinajstić information content (AvgIpc) is 2.94. The van der Waals surface area contributed by atoms with Crippen molar-refractivity contribution in [2.45, 2.75) is 13.0 Å². The summed E-state index contributed by atoms with van der Waals surface area (Å²) < 4.78 is 24.8. The lowest BCUT2D eigenvalue weighted by Crippen LogP contribution is -2.15. The van der Waals surface area contributed by atoms with E-state index in [1.54, 1.807) is 6.07 Å². The van der Waals surface area contributed by atoms with Crippen molar-refractivity contribution >= 4 is 27.4 Å². The molecule has 0 radical (unpaired) electrons. The van der Waals surface area contributed by atoms with Gasteiger partial charge in [0.1, 0.15) is 0 Å². The van der Waals surface area contributed by atoms with Crippen LogP contribution in [0, 0.1) is 0 Å². The van der Waals surface area contributed by atoms with Crippen molar-refractivity contribution in [2.75, 3.05) is 5.32 Å². The molecule has 0 spiro atoms. The third-order valence-corrected chi connectivity index (χ3v) is 3.78. The highest BCUT2D eigenvalue weighted by atomic mass is 32.1. The molecule has 108 valence electrons. The smallest absolute Gasteiger partial charge is 0.291 e. The molecule has 2 aromatic heterocycles. The Kier molecular flexibility index (Phi) is 3.61. The van der Waals surface area contributed by atoms with Crippen molar-refractivity contribution in [1.29, 1.82) is 0 Å². The van der Waals surface area contributed by atoms with Crippen LogP contribution in [-0.2, 0) is 6.54 Å². The van der Waals surface area contributed by atoms with E-state index in [-0.39, 0.29) is 22.2 Å². The van der Waals surface area contributed by atoms with Crippen LogP contribution in [0.25, 0.3) is 10.9 Å². The van der Waals surface area contributed by atoms with Crippen molar-refractivity contribution in [3.63, 3.8) is 0 Å². The van der Waals surface area contributed by atoms with Crippen LogP contribution in [0.5, 0.6) is 0 Å². The van der Waals surface area contributed by atoms with Gasteiger partial charge >= 0.3 is 0 Å². The van der Waals surface area contributed by atoms with Gasteiger partial charge in [-0.05, 0) is 17.5 Å². The Hall–Kier alpha value is -2.35. The summed E-state index contributed by atoms with van der Waals surface area (Å²) in [7, 11) is 0. The highest BCUT2D eigenvalue weighted by molar-refractivity contribution is 7.15. The quantitative estimate of drug-likeness (QED) is 0.777. The zero-order valence-corrected chi connectivity index (χ0v) is 11.5. The maximum Gasteiger partial charge on any atom is 0.291 e. The number of hydrogen-bond acceptors (Lipinski definition) is 5. The Balaban J connectivity index is 1.81. The molecule has 3 aromatic rings. The molecule has 1 aromatic carbocycles. The maximum atomic E-state index is 12.4. The van der Waals surface area contributed by atoms with Crippen LogP contribution in [0.15, 0.2) is 35.1 Å². The molecule has 0 saturated heterocycles. The lowest BCUT2D eigenvalue weighted by molar-refractivity contribution is 0.150. The Bertz CT molecular complexity index is 830. The lowest BCUT2D eigenvalue weighted by Gasteiger charge is -2.03. The molecule has 0 bridgehead atoms. The first-order valence-electron chi connectivity index (χ1n) is 6.10. The largest absolute Gasteiger partial charge is 0.356 e. The molecule has 0 amide bonds. The highest BCUT2D eigenvalue weighted by Crippen LogP contribution is 2.25. The normalized spacial score (nSPS) is 11.2. The number of alkyl halides is 2. The standard InChI is InChI=1S/C13H10F2N4OS/c14-10(15)12-18-19-13(21-12)16-6-8-5-7-3-1-2-4-9(7)17-11(8)20/h1-5,10H,6H2,(H,16,19)(H,17,20). The molecule has 2 heterocycles. The van der Waals surface area contributed by atoms with E-state index in [2.05, 4.69) is 20.5 Å². The van der Waals surface area contributed by atoms with Gasteiger partial charge in [0.2, 0.25) is 5.13 Å². The fourth-order valence-corrected chi connectivity index (χ4v) is 2.48. The van der Waals surface area contributed by atoms with E-state index < -0.39 is 6.43 Å². The Morgan fingerprint density at radius 1 is 1.29 bits per heavy atom. The zero-order chi connectivity index (χ0) is 14.8. The topological polar surface area (TPSA) is 70.7 Å². The minimum Gasteiger partial charge on any atom is -0.356 e. The van der Waals surface area contributed by atoms with Crippen LogP contribution in [0.3, 0.4) is 0 Å². The number of para-hydroxylation sites is 1. The summed E-state index contributed by atoms with van der Waals surface area (Å²) in [4.78, 5) is 14.7. The van der Waals surface area contributed by atoms with E-state index in [9.17, 15) is 13.6 Å². The molecule has 21 heavy (non-hydrogen) atoms. The minimum absolute atomic E-state index is 0.192. The fourth-order valence-electron chi connectivity index (χ4n) is 1.89. The van der Waals surface area contributed by atoms with E-state index >= 15 is 0 Å². The second kappa shape index (κ2) is 5.57. The Labute approximate surface area is 121 Å². The molecule has 0 aliphatic rings. The number of rotatable bonds is 4. The molecule has 0 aliphatic heterocycles. The summed E-state index contributed by atoms with van der Waals surface area (Å²) in [5.74, 6) is 0. The number of aromatic nitrogens is 3. The van der Waals surface area contributed by atoms with Crippen molar-refractivity contribution in [3.8, 4) is 0 Å². The van der Waals surface area contributed by atoms with Gasteiger partial charge in [-0.1, -0.05) is 29.5 Å². The number of H-pyrrole nitrogens is 1. The number of pyridine rings is 1. The van der Waals surface area contributed by atoms with Crippen LogP contribution < -0.4 is 10.9 Å². The van der Waals surface area contributed by atoms with E-state index in [4.69, 9.17) is 0 Å². The lowest BCUT2D eigenvalue weighted by atomic mass is 10.1. The number of nitrogens with one attached hydrogen (secondary N) is 2. The van der Waals surface area contributed by atoms with Gasteiger partial charge < -0.3 is 10.3 Å². The number of hydrogen-bond donors (Lipinski definition) is 2. The minimum atomic E-state index is -2.64. The van der Waals surface area contributed by atoms with Crippen molar-refractivity contribution in [1.82, 2.24) is 15.2 Å². The number of aromatic amines is 1. The molecule has 3 rings (SSSR count). The first kappa shape index (κ1) is 13.6. The highest BCUT2D eigenvalue weighted by Gasteiger charge is 2.14. The first-order valence-corrected chi connectivity index (χ1v) is 6.91. The molecular formula is C13H10F2N4OS. The molecule has 0 unspecified atom stereocenters. The number of anilines is 1. The van der Waals surface area contributed by atoms with Crippen LogP contribution in [0.2, 0.25) is 0 Å². The summed E-state index contributed by atoms with van der Waals surface area (Å²) in [6.07, 6.45) is -2.64. The second-order valence-corrected chi connectivity index (χ2v) is 5.32. The van der Waals surface area contributed by atoms with E-state index in [0.29, 0.717) is 5.56 Å². The molecule has 0 saturated carbocycles. The van der Waals surface area contributed by atoms with E-state index in [0.717, 1.165) is 22.2 Å². The molecule has 5 nitrogen and oxygen atoms in total. The third kappa shape index (κ3) is 2.89. The van der Waals surface area contributed by atoms with Gasteiger partial charge in [0.05, 0.1) is 0 Å². The summed E-state index contributed by atoms with van der Waals surface area (Å²) in [5.41, 5.74) is 1.03. The summed E-state index contributed by atoms with van der Waals surface area (Å²) in [6, 6.07) is 9.17. The predicted molar refractivity (Wildman–Crippen MR) is 76.8 cm³/mol. The summed E-state index contributed by atoms with van der Waals surface area (Å²) in [6.45, 7) is 0.192. The fraction of sp³-hybridized carbons (Fsp3) is 0.154.